The van der Waals surface area contributed by atoms with Crippen molar-refractivity contribution in [3.05, 3.63) is 39.9 Å². The highest BCUT2D eigenvalue weighted by Crippen LogP contribution is 2.17. The summed E-state index contributed by atoms with van der Waals surface area (Å²) < 4.78 is 0. The van der Waals surface area contributed by atoms with Crippen LogP contribution in [0, 0.1) is 10.1 Å². The smallest absolute Gasteiger partial charge is 0.274 e. The summed E-state index contributed by atoms with van der Waals surface area (Å²) in [6.45, 7) is 2.06. The average Bonchev–Trinajstić information content (AvgIpc) is 2.36. The highest BCUT2D eigenvalue weighted by molar-refractivity contribution is 5.85. The molecule has 0 spiro atoms. The molecule has 6 nitrogen and oxygen atoms in total. The molecule has 1 amide bonds. The molecule has 1 rings (SSSR count). The van der Waals surface area contributed by atoms with Gasteiger partial charge in [0, 0.05) is 18.2 Å². The van der Waals surface area contributed by atoms with Crippen LogP contribution >= 0.6 is 12.4 Å². The normalized spacial score (nSPS) is 11.3. The molecule has 0 saturated heterocycles. The van der Waals surface area contributed by atoms with Gasteiger partial charge in [-0.15, -0.1) is 12.4 Å². The second kappa shape index (κ2) is 8.44. The Balaban J connectivity index is 0.00000324. The number of hydrogen-bond acceptors (Lipinski definition) is 4. The molecule has 1 unspecified atom stereocenters. The Morgan fingerprint density at radius 3 is 2.68 bits per heavy atom. The summed E-state index contributed by atoms with van der Waals surface area (Å²) in [4.78, 5) is 21.9. The summed E-state index contributed by atoms with van der Waals surface area (Å²) in [6, 6.07) is 5.75. The molecule has 3 N–H and O–H groups in total. The van der Waals surface area contributed by atoms with E-state index in [0.717, 1.165) is 6.42 Å². The van der Waals surface area contributed by atoms with Crippen LogP contribution in [-0.2, 0) is 11.3 Å². The fourth-order valence-electron chi connectivity index (χ4n) is 1.59. The predicted octanol–water partition coefficient (Wildman–Crippen LogP) is 1.76. The van der Waals surface area contributed by atoms with Gasteiger partial charge in [-0.05, 0) is 6.42 Å². The first kappa shape index (κ1) is 17.3. The number of benzene rings is 1. The van der Waals surface area contributed by atoms with Crippen LogP contribution in [0.4, 0.5) is 5.69 Å². The zero-order valence-electron chi connectivity index (χ0n) is 10.7. The first-order chi connectivity index (χ1) is 8.56. The van der Waals surface area contributed by atoms with Crippen molar-refractivity contribution in [3.8, 4) is 0 Å². The fraction of sp³-hybridized carbons (Fsp3) is 0.417. The van der Waals surface area contributed by atoms with E-state index in [1.807, 2.05) is 6.92 Å². The molecule has 0 saturated carbocycles. The largest absolute Gasteiger partial charge is 0.350 e. The second-order valence-corrected chi connectivity index (χ2v) is 4.00. The van der Waals surface area contributed by atoms with Gasteiger partial charge in [-0.25, -0.2) is 0 Å². The number of nitrogens with two attached hydrogens (primary N) is 1. The fourth-order valence-corrected chi connectivity index (χ4v) is 1.59. The Bertz CT molecular complexity index is 440. The number of carbonyl (C=O) groups is 1. The Morgan fingerprint density at radius 2 is 2.11 bits per heavy atom. The number of nitrogens with one attached hydrogen (secondary N) is 1. The maximum Gasteiger partial charge on any atom is 0.274 e. The van der Waals surface area contributed by atoms with E-state index in [2.05, 4.69) is 5.32 Å². The molecule has 0 bridgehead atoms. The van der Waals surface area contributed by atoms with E-state index in [4.69, 9.17) is 5.73 Å². The van der Waals surface area contributed by atoms with Crippen molar-refractivity contribution in [1.29, 1.82) is 0 Å². The Labute approximate surface area is 117 Å². The maximum absolute atomic E-state index is 11.6. The number of para-hydroxylation sites is 1. The highest BCUT2D eigenvalue weighted by atomic mass is 35.5. The lowest BCUT2D eigenvalue weighted by Crippen LogP contribution is -2.40. The summed E-state index contributed by atoms with van der Waals surface area (Å²) in [5, 5.41) is 13.4. The van der Waals surface area contributed by atoms with E-state index < -0.39 is 11.0 Å². The third-order valence-corrected chi connectivity index (χ3v) is 2.58. The van der Waals surface area contributed by atoms with Crippen LogP contribution in [0.1, 0.15) is 25.3 Å². The van der Waals surface area contributed by atoms with E-state index in [1.165, 1.54) is 6.07 Å². The molecule has 19 heavy (non-hydrogen) atoms. The van der Waals surface area contributed by atoms with E-state index in [1.54, 1.807) is 18.2 Å². The third-order valence-electron chi connectivity index (χ3n) is 2.58. The van der Waals surface area contributed by atoms with Gasteiger partial charge in [0.15, 0.2) is 0 Å². The molecule has 1 atom stereocenters. The molecule has 0 aliphatic heterocycles. The molecule has 1 aromatic rings. The Morgan fingerprint density at radius 1 is 1.47 bits per heavy atom. The number of halogens is 1. The number of hydrogen-bond donors (Lipinski definition) is 2. The second-order valence-electron chi connectivity index (χ2n) is 4.00. The van der Waals surface area contributed by atoms with E-state index in [-0.39, 0.29) is 30.5 Å². The molecule has 7 heteroatoms. The molecule has 1 aromatic carbocycles. The molecule has 0 aromatic heterocycles. The molecular weight excluding hydrogens is 270 g/mol. The van der Waals surface area contributed by atoms with Crippen molar-refractivity contribution in [3.63, 3.8) is 0 Å². The topological polar surface area (TPSA) is 98.3 Å². The van der Waals surface area contributed by atoms with Gasteiger partial charge in [-0.3, -0.25) is 14.9 Å². The van der Waals surface area contributed by atoms with E-state index >= 15 is 0 Å². The van der Waals surface area contributed by atoms with Gasteiger partial charge in [0.2, 0.25) is 5.91 Å². The molecule has 0 heterocycles. The molecule has 0 aliphatic carbocycles. The number of amides is 1. The molecule has 106 valence electrons. The number of nitro groups is 1. The van der Waals surface area contributed by atoms with Gasteiger partial charge in [-0.1, -0.05) is 31.5 Å². The predicted molar refractivity (Wildman–Crippen MR) is 75.1 cm³/mol. The standard InChI is InChI=1S/C12H17N3O3.ClH/c1-2-5-10(13)12(16)14-8-9-6-3-4-7-11(9)15(17)18;/h3-4,6-7,10H,2,5,8,13H2,1H3,(H,14,16);1H. The van der Waals surface area contributed by atoms with Crippen LogP contribution in [0.2, 0.25) is 0 Å². The van der Waals surface area contributed by atoms with E-state index in [9.17, 15) is 14.9 Å². The van der Waals surface area contributed by atoms with Crippen LogP contribution in [0.3, 0.4) is 0 Å². The minimum atomic E-state index is -0.558. The zero-order chi connectivity index (χ0) is 13.5. The van der Waals surface area contributed by atoms with Crippen molar-refractivity contribution >= 4 is 24.0 Å². The Hall–Kier alpha value is -1.66. The van der Waals surface area contributed by atoms with Gasteiger partial charge >= 0.3 is 0 Å². The number of nitrogens with zero attached hydrogens (tertiary/aromatic N) is 1. The molecule has 0 aliphatic rings. The number of rotatable bonds is 6. The first-order valence-electron chi connectivity index (χ1n) is 5.81. The summed E-state index contributed by atoms with van der Waals surface area (Å²) in [6.07, 6.45) is 1.42. The van der Waals surface area contributed by atoms with Gasteiger partial charge in [-0.2, -0.15) is 0 Å². The molecule has 0 radical (unpaired) electrons. The van der Waals surface area contributed by atoms with Crippen LogP contribution in [0.25, 0.3) is 0 Å². The molecule has 0 fully saturated rings. The van der Waals surface area contributed by atoms with Crippen LogP contribution in [0.15, 0.2) is 24.3 Å². The number of carbonyl (C=O) groups excluding carboxylic acids is 1. The monoisotopic (exact) mass is 287 g/mol. The van der Waals surface area contributed by atoms with E-state index in [0.29, 0.717) is 12.0 Å². The summed E-state index contributed by atoms with van der Waals surface area (Å²) in [7, 11) is 0. The lowest BCUT2D eigenvalue weighted by atomic mass is 10.1. The quantitative estimate of drug-likeness (QED) is 0.615. The first-order valence-corrected chi connectivity index (χ1v) is 5.81. The SMILES string of the molecule is CCCC(N)C(=O)NCc1ccccc1[N+](=O)[O-].Cl. The third kappa shape index (κ3) is 5.23. The molecular formula is C12H18ClN3O3. The minimum absolute atomic E-state index is 0. The average molecular weight is 288 g/mol. The van der Waals surface area contributed by atoms with Crippen molar-refractivity contribution in [1.82, 2.24) is 5.32 Å². The van der Waals surface area contributed by atoms with Crippen molar-refractivity contribution in [2.24, 2.45) is 5.73 Å². The Kier molecular flexibility index (Phi) is 7.71. The maximum atomic E-state index is 11.6. The van der Waals surface area contributed by atoms with Gasteiger partial charge in [0.25, 0.3) is 5.69 Å². The minimum Gasteiger partial charge on any atom is -0.350 e. The van der Waals surface area contributed by atoms with Crippen LogP contribution in [0.5, 0.6) is 0 Å². The van der Waals surface area contributed by atoms with Crippen LogP contribution < -0.4 is 11.1 Å². The summed E-state index contributed by atoms with van der Waals surface area (Å²) in [5.41, 5.74) is 6.12. The zero-order valence-corrected chi connectivity index (χ0v) is 11.5. The van der Waals surface area contributed by atoms with Gasteiger partial charge < -0.3 is 11.1 Å². The van der Waals surface area contributed by atoms with Gasteiger partial charge in [0.1, 0.15) is 0 Å². The highest BCUT2D eigenvalue weighted by Gasteiger charge is 2.15. The van der Waals surface area contributed by atoms with Crippen LogP contribution in [-0.4, -0.2) is 16.9 Å². The summed E-state index contributed by atoms with van der Waals surface area (Å²) >= 11 is 0. The number of nitro benzene ring substituents is 1. The van der Waals surface area contributed by atoms with Crippen molar-refractivity contribution in [2.75, 3.05) is 0 Å². The van der Waals surface area contributed by atoms with Crippen molar-refractivity contribution < 1.29 is 9.72 Å². The lowest BCUT2D eigenvalue weighted by molar-refractivity contribution is -0.385. The lowest BCUT2D eigenvalue weighted by Gasteiger charge is -2.11. The summed E-state index contributed by atoms with van der Waals surface area (Å²) in [5.74, 6) is -0.282. The van der Waals surface area contributed by atoms with Crippen molar-refractivity contribution in [2.45, 2.75) is 32.4 Å². The van der Waals surface area contributed by atoms with Gasteiger partial charge in [0.05, 0.1) is 11.0 Å².